The normalized spacial score (nSPS) is 15.4. The highest BCUT2D eigenvalue weighted by molar-refractivity contribution is 7.98. The molecule has 1 atom stereocenters. The zero-order chi connectivity index (χ0) is 14.8. The van der Waals surface area contributed by atoms with Crippen LogP contribution in [0.5, 0.6) is 0 Å². The molecule has 2 nitrogen and oxygen atoms in total. The molecule has 21 heavy (non-hydrogen) atoms. The molecule has 4 heteroatoms. The van der Waals surface area contributed by atoms with Crippen LogP contribution in [0.1, 0.15) is 47.5 Å². The Morgan fingerprint density at radius 3 is 2.57 bits per heavy atom. The lowest BCUT2D eigenvalue weighted by Gasteiger charge is -2.20. The summed E-state index contributed by atoms with van der Waals surface area (Å²) in [6.07, 6.45) is 5.77. The number of aryl methyl sites for hydroxylation is 2. The van der Waals surface area contributed by atoms with Crippen molar-refractivity contribution >= 4 is 23.1 Å². The van der Waals surface area contributed by atoms with E-state index in [2.05, 4.69) is 49.7 Å². The number of nitrogens with zero attached hydrogens (tertiary/aromatic N) is 1. The minimum absolute atomic E-state index is 0.219. The van der Waals surface area contributed by atoms with Gasteiger partial charge in [0.15, 0.2) is 0 Å². The second kappa shape index (κ2) is 6.51. The molecule has 0 saturated carbocycles. The van der Waals surface area contributed by atoms with E-state index in [1.165, 1.54) is 38.9 Å². The van der Waals surface area contributed by atoms with Gasteiger partial charge >= 0.3 is 0 Å². The highest BCUT2D eigenvalue weighted by Crippen LogP contribution is 2.34. The van der Waals surface area contributed by atoms with Crippen LogP contribution in [0.25, 0.3) is 0 Å². The Morgan fingerprint density at radius 1 is 1.19 bits per heavy atom. The fraction of sp³-hybridized carbons (Fsp3) is 0.471. The van der Waals surface area contributed by atoms with Crippen molar-refractivity contribution in [1.82, 2.24) is 10.3 Å². The first-order chi connectivity index (χ1) is 10.2. The lowest BCUT2D eigenvalue weighted by Crippen LogP contribution is -2.29. The quantitative estimate of drug-likeness (QED) is 0.825. The number of thioether (sulfide) groups is 1. The lowest BCUT2D eigenvalue weighted by atomic mass is 10.1. The number of hydrogen-bond acceptors (Lipinski definition) is 4. The van der Waals surface area contributed by atoms with Crippen molar-refractivity contribution in [3.8, 4) is 0 Å². The second-order valence-corrected chi connectivity index (χ2v) is 7.80. The predicted octanol–water partition coefficient (Wildman–Crippen LogP) is 4.44. The third-order valence-electron chi connectivity index (χ3n) is 3.81. The van der Waals surface area contributed by atoms with E-state index in [0.717, 1.165) is 6.42 Å². The largest absolute Gasteiger partial charge is 0.302 e. The topological polar surface area (TPSA) is 24.9 Å². The number of hydrogen-bond donors (Lipinski definition) is 1. The van der Waals surface area contributed by atoms with Gasteiger partial charge in [-0.15, -0.1) is 23.1 Å². The fourth-order valence-electron chi connectivity index (χ4n) is 2.77. The zero-order valence-corrected chi connectivity index (χ0v) is 14.5. The molecule has 1 aliphatic rings. The summed E-state index contributed by atoms with van der Waals surface area (Å²) in [5, 5.41) is 4.91. The highest BCUT2D eigenvalue weighted by atomic mass is 32.2. The summed E-state index contributed by atoms with van der Waals surface area (Å²) in [5.41, 5.74) is 2.65. The summed E-state index contributed by atoms with van der Waals surface area (Å²) >= 11 is 3.68. The molecule has 1 aliphatic carbocycles. The van der Waals surface area contributed by atoms with Gasteiger partial charge in [0.1, 0.15) is 5.01 Å². The van der Waals surface area contributed by atoms with E-state index in [1.54, 1.807) is 11.8 Å². The molecule has 0 bridgehead atoms. The van der Waals surface area contributed by atoms with Gasteiger partial charge < -0.3 is 5.32 Å². The average Bonchev–Trinajstić information content (AvgIpc) is 3.06. The molecule has 0 amide bonds. The molecular weight excluding hydrogens is 296 g/mol. The lowest BCUT2D eigenvalue weighted by molar-refractivity contribution is 0.526. The van der Waals surface area contributed by atoms with E-state index >= 15 is 0 Å². The van der Waals surface area contributed by atoms with Crippen LogP contribution in [-0.4, -0.2) is 17.3 Å². The maximum Gasteiger partial charge on any atom is 0.115 e. The SMILES string of the molecule is CSc1ccc(C(NC(C)C)c2nc3c(s2)CCC3)cc1. The first-order valence-corrected chi connectivity index (χ1v) is 9.60. The van der Waals surface area contributed by atoms with Crippen LogP contribution in [-0.2, 0) is 12.8 Å². The number of thiazole rings is 1. The molecule has 1 aromatic heterocycles. The Balaban J connectivity index is 1.92. The fourth-order valence-corrected chi connectivity index (χ4v) is 4.42. The average molecular weight is 319 g/mol. The van der Waals surface area contributed by atoms with Gasteiger partial charge in [-0.25, -0.2) is 4.98 Å². The number of benzene rings is 1. The maximum absolute atomic E-state index is 4.91. The summed E-state index contributed by atoms with van der Waals surface area (Å²) < 4.78 is 0. The van der Waals surface area contributed by atoms with E-state index < -0.39 is 0 Å². The van der Waals surface area contributed by atoms with Gasteiger partial charge in [0.05, 0.1) is 11.7 Å². The Labute approximate surface area is 135 Å². The molecule has 2 aromatic rings. The van der Waals surface area contributed by atoms with E-state index in [1.807, 2.05) is 11.3 Å². The summed E-state index contributed by atoms with van der Waals surface area (Å²) in [7, 11) is 0. The molecule has 0 spiro atoms. The van der Waals surface area contributed by atoms with E-state index in [9.17, 15) is 0 Å². The molecule has 1 unspecified atom stereocenters. The van der Waals surface area contributed by atoms with Crippen molar-refractivity contribution in [1.29, 1.82) is 0 Å². The maximum atomic E-state index is 4.91. The number of rotatable bonds is 5. The summed E-state index contributed by atoms with van der Waals surface area (Å²) in [6.45, 7) is 4.40. The van der Waals surface area contributed by atoms with Crippen molar-refractivity contribution in [3.05, 3.63) is 45.4 Å². The van der Waals surface area contributed by atoms with Crippen LogP contribution in [0, 0.1) is 0 Å². The molecule has 3 rings (SSSR count). The van der Waals surface area contributed by atoms with Crippen molar-refractivity contribution in [3.63, 3.8) is 0 Å². The van der Waals surface area contributed by atoms with Crippen LogP contribution in [0.4, 0.5) is 0 Å². The van der Waals surface area contributed by atoms with Crippen molar-refractivity contribution in [2.75, 3.05) is 6.26 Å². The molecule has 0 aliphatic heterocycles. The van der Waals surface area contributed by atoms with Crippen LogP contribution in [0.15, 0.2) is 29.2 Å². The molecule has 1 N–H and O–H groups in total. The van der Waals surface area contributed by atoms with Crippen molar-refractivity contribution < 1.29 is 0 Å². The Bertz CT molecular complexity index is 580. The Hall–Kier alpha value is -0.840. The van der Waals surface area contributed by atoms with E-state index in [4.69, 9.17) is 4.98 Å². The van der Waals surface area contributed by atoms with Crippen molar-refractivity contribution in [2.45, 2.75) is 50.1 Å². The molecule has 0 saturated heterocycles. The molecular formula is C17H22N2S2. The Kier molecular flexibility index (Phi) is 4.67. The standard InChI is InChI=1S/C17H22N2S2/c1-11(2)18-16(12-7-9-13(20-3)10-8-12)17-19-14-5-4-6-15(14)21-17/h7-11,16,18H,4-6H2,1-3H3. The summed E-state index contributed by atoms with van der Waals surface area (Å²) in [6, 6.07) is 9.54. The minimum Gasteiger partial charge on any atom is -0.302 e. The third-order valence-corrected chi connectivity index (χ3v) is 5.77. The molecule has 112 valence electrons. The number of aromatic nitrogens is 1. The second-order valence-electron chi connectivity index (χ2n) is 5.80. The first kappa shape index (κ1) is 15.1. The van der Waals surface area contributed by atoms with Crippen LogP contribution in [0.3, 0.4) is 0 Å². The van der Waals surface area contributed by atoms with Crippen LogP contribution < -0.4 is 5.32 Å². The molecule has 1 heterocycles. The predicted molar refractivity (Wildman–Crippen MR) is 92.5 cm³/mol. The van der Waals surface area contributed by atoms with Crippen molar-refractivity contribution in [2.24, 2.45) is 0 Å². The van der Waals surface area contributed by atoms with Gasteiger partial charge in [0, 0.05) is 15.8 Å². The third kappa shape index (κ3) is 3.33. The smallest absolute Gasteiger partial charge is 0.115 e. The van der Waals surface area contributed by atoms with Crippen LogP contribution >= 0.6 is 23.1 Å². The van der Waals surface area contributed by atoms with Gasteiger partial charge in [-0.2, -0.15) is 0 Å². The van der Waals surface area contributed by atoms with Gasteiger partial charge in [0.2, 0.25) is 0 Å². The summed E-state index contributed by atoms with van der Waals surface area (Å²) in [5.74, 6) is 0. The first-order valence-electron chi connectivity index (χ1n) is 7.56. The number of fused-ring (bicyclic) bond motifs is 1. The van der Waals surface area contributed by atoms with E-state index in [-0.39, 0.29) is 6.04 Å². The van der Waals surface area contributed by atoms with Gasteiger partial charge in [-0.3, -0.25) is 0 Å². The zero-order valence-electron chi connectivity index (χ0n) is 12.8. The summed E-state index contributed by atoms with van der Waals surface area (Å²) in [4.78, 5) is 7.72. The molecule has 1 aromatic carbocycles. The highest BCUT2D eigenvalue weighted by Gasteiger charge is 2.23. The molecule has 0 radical (unpaired) electrons. The minimum atomic E-state index is 0.219. The van der Waals surface area contributed by atoms with Gasteiger partial charge in [-0.05, 0) is 57.1 Å². The molecule has 0 fully saturated rings. The number of nitrogens with one attached hydrogen (secondary N) is 1. The van der Waals surface area contributed by atoms with Crippen LogP contribution in [0.2, 0.25) is 0 Å². The van der Waals surface area contributed by atoms with E-state index in [0.29, 0.717) is 6.04 Å². The Morgan fingerprint density at radius 2 is 1.95 bits per heavy atom. The van der Waals surface area contributed by atoms with Gasteiger partial charge in [0.25, 0.3) is 0 Å². The van der Waals surface area contributed by atoms with Gasteiger partial charge in [-0.1, -0.05) is 12.1 Å². The monoisotopic (exact) mass is 318 g/mol.